The van der Waals surface area contributed by atoms with Gasteiger partial charge in [-0.05, 0) is 38.5 Å². The van der Waals surface area contributed by atoms with Crippen LogP contribution in [0, 0.1) is 0 Å². The first kappa shape index (κ1) is 25.6. The van der Waals surface area contributed by atoms with Gasteiger partial charge >= 0.3 is 6.09 Å². The number of amides is 2. The molecule has 0 unspecified atom stereocenters. The van der Waals surface area contributed by atoms with Crippen LogP contribution >= 0.6 is 0 Å². The zero-order valence-corrected chi connectivity index (χ0v) is 21.2. The van der Waals surface area contributed by atoms with Gasteiger partial charge in [-0.25, -0.2) is 4.79 Å². The quantitative estimate of drug-likeness (QED) is 0.289. The summed E-state index contributed by atoms with van der Waals surface area (Å²) < 4.78 is 11.4. The van der Waals surface area contributed by atoms with E-state index in [0.717, 1.165) is 16.3 Å². The summed E-state index contributed by atoms with van der Waals surface area (Å²) in [6.07, 6.45) is -0.615. The zero-order chi connectivity index (χ0) is 26.4. The molecule has 0 aromatic heterocycles. The monoisotopic (exact) mass is 497 g/mol. The molecule has 0 bridgehead atoms. The summed E-state index contributed by atoms with van der Waals surface area (Å²) in [5, 5.41) is 4.35. The van der Waals surface area contributed by atoms with Crippen molar-refractivity contribution in [3.05, 3.63) is 96.6 Å². The van der Waals surface area contributed by atoms with Gasteiger partial charge in [-0.15, -0.1) is 0 Å². The second-order valence-corrected chi connectivity index (χ2v) is 9.60. The lowest BCUT2D eigenvalue weighted by Crippen LogP contribution is -2.46. The minimum atomic E-state index is -0.615. The molecule has 0 atom stereocenters. The maximum Gasteiger partial charge on any atom is 0.415 e. The molecule has 0 radical (unpaired) electrons. The Morgan fingerprint density at radius 1 is 0.865 bits per heavy atom. The smallest absolute Gasteiger partial charge is 0.415 e. The van der Waals surface area contributed by atoms with Gasteiger partial charge in [-0.2, -0.15) is 0 Å². The number of nitrogens with two attached hydrogens (primary N) is 1. The van der Waals surface area contributed by atoms with Crippen LogP contribution in [0.15, 0.2) is 91.0 Å². The molecule has 0 aliphatic carbocycles. The highest BCUT2D eigenvalue weighted by Gasteiger charge is 2.30. The van der Waals surface area contributed by atoms with E-state index in [1.165, 1.54) is 4.90 Å². The number of anilines is 3. The van der Waals surface area contributed by atoms with Crippen LogP contribution in [0.3, 0.4) is 0 Å². The van der Waals surface area contributed by atoms with E-state index in [1.54, 1.807) is 6.07 Å². The Labute approximate surface area is 216 Å². The van der Waals surface area contributed by atoms with Gasteiger partial charge in [0.15, 0.2) is 6.61 Å². The average molecular weight is 498 g/mol. The van der Waals surface area contributed by atoms with Gasteiger partial charge in [0.1, 0.15) is 12.4 Å². The third kappa shape index (κ3) is 6.19. The summed E-state index contributed by atoms with van der Waals surface area (Å²) in [6.45, 7) is 5.62. The second kappa shape index (κ2) is 11.0. The first-order chi connectivity index (χ1) is 17.7. The van der Waals surface area contributed by atoms with Gasteiger partial charge < -0.3 is 20.5 Å². The lowest BCUT2D eigenvalue weighted by molar-refractivity contribution is -0.118. The first-order valence-electron chi connectivity index (χ1n) is 12.0. The number of hydrogen-bond donors (Lipinski definition) is 2. The molecule has 3 N–H and O–H groups in total. The van der Waals surface area contributed by atoms with Crippen molar-refractivity contribution in [2.75, 3.05) is 22.6 Å². The number of fused-ring (bicyclic) bond motifs is 1. The third-order valence-electron chi connectivity index (χ3n) is 5.73. The molecule has 0 aliphatic heterocycles. The highest BCUT2D eigenvalue weighted by molar-refractivity contribution is 6.09. The fourth-order valence-corrected chi connectivity index (χ4v) is 4.07. The number of nitrogens with zero attached hydrogens (tertiary/aromatic N) is 1. The van der Waals surface area contributed by atoms with E-state index >= 15 is 0 Å². The van der Waals surface area contributed by atoms with Gasteiger partial charge in [0.2, 0.25) is 0 Å². The standard InChI is InChI=1S/C30H31N3O4/c1-30(2,3)33(22-14-8-5-9-15-22)29(35)37-20-27(34)32-28-24-17-11-10-16-23(24)26(18-25(28)31)36-19-21-12-6-4-7-13-21/h4-18H,19-20,31H2,1-3H3,(H,32,34). The van der Waals surface area contributed by atoms with E-state index in [0.29, 0.717) is 29.4 Å². The van der Waals surface area contributed by atoms with E-state index in [2.05, 4.69) is 5.32 Å². The lowest BCUT2D eigenvalue weighted by Gasteiger charge is -2.34. The highest BCUT2D eigenvalue weighted by atomic mass is 16.6. The van der Waals surface area contributed by atoms with Gasteiger partial charge in [0.25, 0.3) is 5.91 Å². The predicted molar refractivity (Wildman–Crippen MR) is 148 cm³/mol. The molecule has 0 saturated heterocycles. The number of nitrogen functional groups attached to an aromatic ring is 1. The van der Waals surface area contributed by atoms with Crippen LogP contribution in [0.5, 0.6) is 5.75 Å². The summed E-state index contributed by atoms with van der Waals surface area (Å²) in [7, 11) is 0. The largest absolute Gasteiger partial charge is 0.488 e. The van der Waals surface area contributed by atoms with Crippen LogP contribution in [-0.2, 0) is 16.1 Å². The number of hydrogen-bond acceptors (Lipinski definition) is 5. The molecule has 0 fully saturated rings. The Bertz CT molecular complexity index is 1380. The van der Waals surface area contributed by atoms with Crippen molar-refractivity contribution < 1.29 is 19.1 Å². The normalized spacial score (nSPS) is 11.1. The fraction of sp³-hybridized carbons (Fsp3) is 0.200. The Hall–Kier alpha value is -4.52. The number of ether oxygens (including phenoxy) is 2. The molecule has 190 valence electrons. The molecule has 0 saturated carbocycles. The molecule has 0 aliphatic rings. The molecular formula is C30H31N3O4. The minimum Gasteiger partial charge on any atom is -0.488 e. The Morgan fingerprint density at radius 2 is 1.46 bits per heavy atom. The number of rotatable bonds is 7. The maximum atomic E-state index is 12.9. The van der Waals surface area contributed by atoms with Crippen molar-refractivity contribution in [1.82, 2.24) is 0 Å². The van der Waals surface area contributed by atoms with Gasteiger partial charge in [0.05, 0.1) is 11.4 Å². The molecule has 7 nitrogen and oxygen atoms in total. The first-order valence-corrected chi connectivity index (χ1v) is 12.0. The number of benzene rings is 4. The van der Waals surface area contributed by atoms with Crippen LogP contribution in [0.25, 0.3) is 10.8 Å². The fourth-order valence-electron chi connectivity index (χ4n) is 4.07. The Kier molecular flexibility index (Phi) is 7.63. The number of carbonyl (C=O) groups is 2. The van der Waals surface area contributed by atoms with Crippen LogP contribution in [-0.4, -0.2) is 24.1 Å². The van der Waals surface area contributed by atoms with Crippen LogP contribution in [0.1, 0.15) is 26.3 Å². The van der Waals surface area contributed by atoms with E-state index in [1.807, 2.05) is 106 Å². The zero-order valence-electron chi connectivity index (χ0n) is 21.2. The molecule has 4 aromatic rings. The third-order valence-corrected chi connectivity index (χ3v) is 5.73. The van der Waals surface area contributed by atoms with Gasteiger partial charge in [-0.1, -0.05) is 72.8 Å². The molecule has 0 spiro atoms. The molecule has 4 aromatic carbocycles. The number of nitrogens with one attached hydrogen (secondary N) is 1. The van der Waals surface area contributed by atoms with E-state index in [4.69, 9.17) is 15.2 Å². The average Bonchev–Trinajstić information content (AvgIpc) is 2.88. The Morgan fingerprint density at radius 3 is 2.11 bits per heavy atom. The van der Waals surface area contributed by atoms with Crippen molar-refractivity contribution in [3.63, 3.8) is 0 Å². The van der Waals surface area contributed by atoms with Gasteiger partial charge in [0, 0.05) is 28.1 Å². The summed E-state index contributed by atoms with van der Waals surface area (Å²) in [5.41, 5.74) is 8.29. The van der Waals surface area contributed by atoms with Crippen LogP contribution in [0.4, 0.5) is 21.9 Å². The van der Waals surface area contributed by atoms with Crippen molar-refractivity contribution >= 4 is 39.8 Å². The Balaban J connectivity index is 1.48. The molecule has 7 heteroatoms. The predicted octanol–water partition coefficient (Wildman–Crippen LogP) is 6.38. The van der Waals surface area contributed by atoms with Crippen LogP contribution < -0.4 is 20.7 Å². The number of para-hydroxylation sites is 1. The van der Waals surface area contributed by atoms with Gasteiger partial charge in [-0.3, -0.25) is 9.69 Å². The van der Waals surface area contributed by atoms with E-state index in [9.17, 15) is 9.59 Å². The molecular weight excluding hydrogens is 466 g/mol. The molecule has 2 amide bonds. The summed E-state index contributed by atoms with van der Waals surface area (Å²) in [5.74, 6) is 0.120. The summed E-state index contributed by atoms with van der Waals surface area (Å²) >= 11 is 0. The topological polar surface area (TPSA) is 93.9 Å². The minimum absolute atomic E-state index is 0.349. The van der Waals surface area contributed by atoms with Crippen molar-refractivity contribution in [2.24, 2.45) is 0 Å². The van der Waals surface area contributed by atoms with E-state index in [-0.39, 0.29) is 0 Å². The summed E-state index contributed by atoms with van der Waals surface area (Å²) in [6, 6.07) is 28.3. The lowest BCUT2D eigenvalue weighted by atomic mass is 10.1. The SMILES string of the molecule is CC(C)(C)N(C(=O)OCC(=O)Nc1c(N)cc(OCc2ccccc2)c2ccccc12)c1ccccc1. The highest BCUT2D eigenvalue weighted by Crippen LogP contribution is 2.37. The van der Waals surface area contributed by atoms with Crippen molar-refractivity contribution in [3.8, 4) is 5.75 Å². The van der Waals surface area contributed by atoms with Crippen molar-refractivity contribution in [1.29, 1.82) is 0 Å². The molecule has 4 rings (SSSR count). The van der Waals surface area contributed by atoms with Crippen LogP contribution in [0.2, 0.25) is 0 Å². The molecule has 0 heterocycles. The van der Waals surface area contributed by atoms with E-state index < -0.39 is 24.1 Å². The van der Waals surface area contributed by atoms with Crippen molar-refractivity contribution in [2.45, 2.75) is 32.9 Å². The summed E-state index contributed by atoms with van der Waals surface area (Å²) in [4.78, 5) is 27.3. The second-order valence-electron chi connectivity index (χ2n) is 9.60. The number of carbonyl (C=O) groups excluding carboxylic acids is 2. The maximum absolute atomic E-state index is 12.9. The molecule has 37 heavy (non-hydrogen) atoms.